The van der Waals surface area contributed by atoms with Gasteiger partial charge < -0.3 is 5.32 Å². The van der Waals surface area contributed by atoms with Gasteiger partial charge in [-0.05, 0) is 45.0 Å². The van der Waals surface area contributed by atoms with Crippen molar-refractivity contribution in [1.29, 1.82) is 0 Å². The quantitative estimate of drug-likeness (QED) is 0.907. The molecule has 0 aliphatic carbocycles. The zero-order valence-corrected chi connectivity index (χ0v) is 12.7. The predicted molar refractivity (Wildman–Crippen MR) is 78.8 cm³/mol. The Morgan fingerprint density at radius 1 is 1.30 bits per heavy atom. The molecule has 3 rings (SSSR count). The van der Waals surface area contributed by atoms with E-state index >= 15 is 0 Å². The van der Waals surface area contributed by atoms with Gasteiger partial charge in [0.2, 0.25) is 10.0 Å². The molecular formula is C12H16N4O2S2. The predicted octanol–water partition coefficient (Wildman–Crippen LogP) is 1.83. The van der Waals surface area contributed by atoms with Gasteiger partial charge in [-0.15, -0.1) is 0 Å². The molecule has 2 N–H and O–H groups in total. The molecule has 0 saturated carbocycles. The maximum atomic E-state index is 12.6. The first-order chi connectivity index (χ1) is 9.50. The first-order valence-electron chi connectivity index (χ1n) is 6.46. The molecule has 2 aliphatic heterocycles. The molecule has 2 heterocycles. The van der Waals surface area contributed by atoms with Crippen molar-refractivity contribution in [2.45, 2.75) is 30.2 Å². The average Bonchev–Trinajstić information content (AvgIpc) is 2.86. The molecule has 0 aromatic heterocycles. The Morgan fingerprint density at radius 3 is 2.80 bits per heavy atom. The van der Waals surface area contributed by atoms with Gasteiger partial charge in [0.25, 0.3) is 0 Å². The van der Waals surface area contributed by atoms with Crippen molar-refractivity contribution in [2.75, 3.05) is 13.1 Å². The summed E-state index contributed by atoms with van der Waals surface area (Å²) in [6.45, 7) is 3.59. The average molecular weight is 312 g/mol. The Balaban J connectivity index is 1.93. The van der Waals surface area contributed by atoms with Crippen LogP contribution in [0.3, 0.4) is 0 Å². The fourth-order valence-electron chi connectivity index (χ4n) is 2.46. The molecule has 0 bridgehead atoms. The summed E-state index contributed by atoms with van der Waals surface area (Å²) >= 11 is 1.03. The molecule has 1 fully saturated rings. The second-order valence-corrected chi connectivity index (χ2v) is 7.48. The molecule has 20 heavy (non-hydrogen) atoms. The van der Waals surface area contributed by atoms with Gasteiger partial charge in [0.1, 0.15) is 16.3 Å². The molecule has 0 unspecified atom stereocenters. The van der Waals surface area contributed by atoms with Crippen LogP contribution in [-0.2, 0) is 21.4 Å². The van der Waals surface area contributed by atoms with Crippen LogP contribution in [0.5, 0.6) is 0 Å². The van der Waals surface area contributed by atoms with Gasteiger partial charge in [-0.2, -0.15) is 8.73 Å². The van der Waals surface area contributed by atoms with Crippen LogP contribution in [0.15, 0.2) is 31.8 Å². The minimum Gasteiger partial charge on any atom is -0.317 e. The lowest BCUT2D eigenvalue weighted by Crippen LogP contribution is -2.52. The van der Waals surface area contributed by atoms with Crippen molar-refractivity contribution in [3.8, 4) is 0 Å². The number of piperidine rings is 1. The third-order valence-corrected chi connectivity index (χ3v) is 5.84. The third kappa shape index (κ3) is 2.56. The minimum absolute atomic E-state index is 0.212. The van der Waals surface area contributed by atoms with Crippen molar-refractivity contribution < 1.29 is 8.42 Å². The highest BCUT2D eigenvalue weighted by molar-refractivity contribution is 7.89. The van der Waals surface area contributed by atoms with Gasteiger partial charge in [-0.1, -0.05) is 6.07 Å². The van der Waals surface area contributed by atoms with E-state index in [0.29, 0.717) is 11.4 Å². The van der Waals surface area contributed by atoms with Crippen LogP contribution < -0.4 is 10.0 Å². The number of rotatable bonds is 3. The highest BCUT2D eigenvalue weighted by Crippen LogP contribution is 2.37. The summed E-state index contributed by atoms with van der Waals surface area (Å²) < 4.78 is 36.3. The fraction of sp³-hybridized carbons (Fsp3) is 0.500. The summed E-state index contributed by atoms with van der Waals surface area (Å²) in [5.74, 6) is 0. The number of hydrogen-bond donors (Lipinski definition) is 2. The summed E-state index contributed by atoms with van der Waals surface area (Å²) in [6, 6.07) is 5.05. The monoisotopic (exact) mass is 312 g/mol. The number of sulfonamides is 1. The van der Waals surface area contributed by atoms with Crippen LogP contribution >= 0.6 is 0 Å². The zero-order chi connectivity index (χ0) is 14.2. The van der Waals surface area contributed by atoms with E-state index in [1.807, 2.05) is 6.92 Å². The van der Waals surface area contributed by atoms with Crippen LogP contribution in [0, 0.1) is 0 Å². The number of hydrogen-bond acceptors (Lipinski definition) is 5. The normalized spacial score (nSPS) is 20.4. The van der Waals surface area contributed by atoms with E-state index < -0.39 is 15.6 Å². The zero-order valence-electron chi connectivity index (χ0n) is 11.1. The van der Waals surface area contributed by atoms with E-state index in [-0.39, 0.29) is 4.90 Å². The van der Waals surface area contributed by atoms with E-state index in [0.717, 1.165) is 37.3 Å². The lowest BCUT2D eigenvalue weighted by Gasteiger charge is -2.34. The van der Waals surface area contributed by atoms with Crippen LogP contribution in [0.25, 0.3) is 0 Å². The summed E-state index contributed by atoms with van der Waals surface area (Å²) in [4.78, 5) is 0.212. The van der Waals surface area contributed by atoms with Crippen LogP contribution in [-0.4, -0.2) is 27.0 Å². The Hall–Kier alpha value is -1.09. The first kappa shape index (κ1) is 13.9. The van der Waals surface area contributed by atoms with E-state index in [9.17, 15) is 8.42 Å². The summed E-state index contributed by atoms with van der Waals surface area (Å²) in [5.41, 5.74) is 0.659. The lowest BCUT2D eigenvalue weighted by atomic mass is 9.92. The second-order valence-electron chi connectivity index (χ2n) is 5.30. The molecule has 1 saturated heterocycles. The fourth-order valence-corrected chi connectivity index (χ4v) is 4.69. The maximum absolute atomic E-state index is 12.6. The van der Waals surface area contributed by atoms with E-state index in [4.69, 9.17) is 0 Å². The highest BCUT2D eigenvalue weighted by Gasteiger charge is 2.33. The SMILES string of the molecule is CC1(NS(=O)(=O)c2cccc3c2N=S=N3)CCNCC1. The summed E-state index contributed by atoms with van der Waals surface area (Å²) in [7, 11) is -3.59. The highest BCUT2D eigenvalue weighted by atomic mass is 32.2. The van der Waals surface area contributed by atoms with Crippen LogP contribution in [0.1, 0.15) is 19.8 Å². The van der Waals surface area contributed by atoms with Crippen LogP contribution in [0.2, 0.25) is 0 Å². The van der Waals surface area contributed by atoms with E-state index in [1.54, 1.807) is 18.2 Å². The Bertz CT molecular complexity index is 702. The Kier molecular flexibility index (Phi) is 3.49. The molecule has 0 atom stereocenters. The number of nitrogens with one attached hydrogen (secondary N) is 2. The molecule has 108 valence electrons. The molecule has 2 aliphatic rings. The topological polar surface area (TPSA) is 82.9 Å². The molecule has 6 nitrogen and oxygen atoms in total. The van der Waals surface area contributed by atoms with Crippen molar-refractivity contribution >= 4 is 32.8 Å². The standard InChI is InChI=1S/C12H16N4O2S2/c1-12(5-7-13-8-6-12)16-20(17,18)10-4-2-3-9-11(10)15-19-14-9/h2-4,13,16H,5-8H2,1H3. The van der Waals surface area contributed by atoms with E-state index in [2.05, 4.69) is 18.8 Å². The molecule has 0 radical (unpaired) electrons. The largest absolute Gasteiger partial charge is 0.317 e. The molecule has 0 amide bonds. The number of benzene rings is 1. The van der Waals surface area contributed by atoms with Gasteiger partial charge in [-0.25, -0.2) is 13.1 Å². The first-order valence-corrected chi connectivity index (χ1v) is 8.68. The third-order valence-electron chi connectivity index (χ3n) is 3.63. The Morgan fingerprint density at radius 2 is 2.05 bits per heavy atom. The van der Waals surface area contributed by atoms with Crippen molar-refractivity contribution in [3.63, 3.8) is 0 Å². The summed E-state index contributed by atoms with van der Waals surface area (Å²) in [5, 5.41) is 3.24. The van der Waals surface area contributed by atoms with Gasteiger partial charge in [-0.3, -0.25) is 0 Å². The smallest absolute Gasteiger partial charge is 0.243 e. The van der Waals surface area contributed by atoms with Crippen molar-refractivity contribution in [2.24, 2.45) is 8.73 Å². The Labute approximate surface area is 121 Å². The molecule has 1 aromatic rings. The van der Waals surface area contributed by atoms with E-state index in [1.165, 1.54) is 0 Å². The van der Waals surface area contributed by atoms with Crippen molar-refractivity contribution in [1.82, 2.24) is 10.0 Å². The summed E-state index contributed by atoms with van der Waals surface area (Å²) in [6.07, 6.45) is 1.55. The minimum atomic E-state index is -3.59. The molecular weight excluding hydrogens is 296 g/mol. The number of nitrogens with zero attached hydrogens (tertiary/aromatic N) is 2. The second kappa shape index (κ2) is 5.03. The molecule has 0 spiro atoms. The van der Waals surface area contributed by atoms with Gasteiger partial charge in [0.05, 0.1) is 11.4 Å². The van der Waals surface area contributed by atoms with Gasteiger partial charge in [0, 0.05) is 5.54 Å². The molecule has 1 aromatic carbocycles. The lowest BCUT2D eigenvalue weighted by molar-refractivity contribution is 0.308. The number of fused-ring (bicyclic) bond motifs is 1. The van der Waals surface area contributed by atoms with Gasteiger partial charge in [0.15, 0.2) is 0 Å². The molecule has 8 heteroatoms. The van der Waals surface area contributed by atoms with Crippen molar-refractivity contribution in [3.05, 3.63) is 18.2 Å². The van der Waals surface area contributed by atoms with Crippen LogP contribution in [0.4, 0.5) is 11.4 Å². The maximum Gasteiger partial charge on any atom is 0.243 e. The van der Waals surface area contributed by atoms with Gasteiger partial charge >= 0.3 is 0 Å².